The number of rotatable bonds is 6. The minimum Gasteiger partial charge on any atom is -0.481 e. The molecule has 0 fully saturated rings. The van der Waals surface area contributed by atoms with Gasteiger partial charge in [-0.25, -0.2) is 0 Å². The van der Waals surface area contributed by atoms with Gasteiger partial charge in [-0.15, -0.1) is 0 Å². The third kappa shape index (κ3) is 4.00. The van der Waals surface area contributed by atoms with E-state index in [1.807, 2.05) is 6.07 Å². The van der Waals surface area contributed by atoms with Crippen molar-refractivity contribution in [3.05, 3.63) is 35.4 Å². The van der Waals surface area contributed by atoms with Crippen molar-refractivity contribution in [1.82, 2.24) is 0 Å². The fourth-order valence-corrected chi connectivity index (χ4v) is 1.62. The molecule has 1 N–H and O–H groups in total. The fourth-order valence-electron chi connectivity index (χ4n) is 1.62. The molecule has 4 nitrogen and oxygen atoms in total. The molecule has 0 saturated carbocycles. The Kier molecular flexibility index (Phi) is 4.84. The molecule has 17 heavy (non-hydrogen) atoms. The first-order valence-corrected chi connectivity index (χ1v) is 5.38. The van der Waals surface area contributed by atoms with Crippen LogP contribution in [0.25, 0.3) is 0 Å². The second kappa shape index (κ2) is 6.15. The van der Waals surface area contributed by atoms with Gasteiger partial charge in [-0.2, -0.15) is 0 Å². The van der Waals surface area contributed by atoms with Crippen molar-refractivity contribution in [2.45, 2.75) is 20.0 Å². The van der Waals surface area contributed by atoms with E-state index in [1.54, 1.807) is 32.2 Å². The molecule has 0 heterocycles. The van der Waals surface area contributed by atoms with E-state index in [0.717, 1.165) is 5.56 Å². The van der Waals surface area contributed by atoms with Gasteiger partial charge in [-0.05, 0) is 11.6 Å². The molecule has 4 heteroatoms. The van der Waals surface area contributed by atoms with Gasteiger partial charge in [-0.3, -0.25) is 9.59 Å². The Morgan fingerprint density at radius 1 is 1.41 bits per heavy atom. The average molecular weight is 236 g/mol. The summed E-state index contributed by atoms with van der Waals surface area (Å²) in [4.78, 5) is 22.5. The summed E-state index contributed by atoms with van der Waals surface area (Å²) in [5.74, 6) is -1.62. The minimum absolute atomic E-state index is 0.145. The van der Waals surface area contributed by atoms with Crippen LogP contribution in [0.4, 0.5) is 0 Å². The Labute approximate surface area is 100 Å². The number of aliphatic carboxylic acids is 1. The van der Waals surface area contributed by atoms with Gasteiger partial charge in [-0.1, -0.05) is 25.1 Å². The van der Waals surface area contributed by atoms with Crippen LogP contribution in [-0.2, 0) is 16.1 Å². The number of carboxylic acids is 1. The lowest BCUT2D eigenvalue weighted by atomic mass is 9.95. The predicted octanol–water partition coefficient (Wildman–Crippen LogP) is 2.13. The van der Waals surface area contributed by atoms with Gasteiger partial charge in [0.2, 0.25) is 0 Å². The van der Waals surface area contributed by atoms with E-state index in [1.165, 1.54) is 0 Å². The molecule has 0 aliphatic rings. The Morgan fingerprint density at radius 2 is 2.12 bits per heavy atom. The average Bonchev–Trinajstić information content (AvgIpc) is 2.28. The van der Waals surface area contributed by atoms with Crippen LogP contribution in [0.1, 0.15) is 29.3 Å². The number of hydrogen-bond donors (Lipinski definition) is 1. The minimum atomic E-state index is -0.959. The van der Waals surface area contributed by atoms with Gasteiger partial charge in [0, 0.05) is 18.6 Å². The van der Waals surface area contributed by atoms with E-state index in [4.69, 9.17) is 9.84 Å². The van der Waals surface area contributed by atoms with Gasteiger partial charge < -0.3 is 9.84 Å². The predicted molar refractivity (Wildman–Crippen MR) is 62.9 cm³/mol. The number of ketones is 1. The molecule has 1 rings (SSSR count). The van der Waals surface area contributed by atoms with E-state index >= 15 is 0 Å². The first-order chi connectivity index (χ1) is 8.04. The smallest absolute Gasteiger partial charge is 0.304 e. The summed E-state index contributed by atoms with van der Waals surface area (Å²) in [6.07, 6.45) is -0.145. The maximum Gasteiger partial charge on any atom is 0.304 e. The third-order valence-electron chi connectivity index (χ3n) is 2.45. The van der Waals surface area contributed by atoms with Gasteiger partial charge in [0.1, 0.15) is 0 Å². The number of carbonyl (C=O) groups excluding carboxylic acids is 1. The molecule has 1 aromatic carbocycles. The highest BCUT2D eigenvalue weighted by atomic mass is 16.5. The summed E-state index contributed by atoms with van der Waals surface area (Å²) in [5.41, 5.74) is 1.44. The quantitative estimate of drug-likeness (QED) is 0.768. The van der Waals surface area contributed by atoms with Crippen LogP contribution in [0, 0.1) is 5.92 Å². The van der Waals surface area contributed by atoms with Crippen LogP contribution in [-0.4, -0.2) is 24.0 Å². The molecule has 0 aliphatic carbocycles. The zero-order valence-electron chi connectivity index (χ0n) is 9.97. The molecule has 0 aliphatic heterocycles. The molecule has 1 aromatic rings. The highest BCUT2D eigenvalue weighted by Crippen LogP contribution is 2.14. The lowest BCUT2D eigenvalue weighted by Crippen LogP contribution is -2.15. The summed E-state index contributed by atoms with van der Waals surface area (Å²) < 4.78 is 4.98. The number of ether oxygens (including phenoxy) is 1. The number of methoxy groups -OCH3 is 1. The third-order valence-corrected chi connectivity index (χ3v) is 2.45. The van der Waals surface area contributed by atoms with E-state index in [9.17, 15) is 9.59 Å². The first kappa shape index (κ1) is 13.4. The van der Waals surface area contributed by atoms with Crippen molar-refractivity contribution >= 4 is 11.8 Å². The van der Waals surface area contributed by atoms with Gasteiger partial charge in [0.05, 0.1) is 13.0 Å². The second-order valence-electron chi connectivity index (χ2n) is 4.00. The normalized spacial score (nSPS) is 12.1. The molecule has 0 radical (unpaired) electrons. The molecule has 92 valence electrons. The first-order valence-electron chi connectivity index (χ1n) is 5.38. The summed E-state index contributed by atoms with van der Waals surface area (Å²) in [6, 6.07) is 7.07. The highest BCUT2D eigenvalue weighted by molar-refractivity contribution is 5.99. The molecular formula is C13H16O4. The number of Topliss-reactive ketones (excluding diaryl/α,β-unsaturated/α-hetero) is 1. The molecule has 0 saturated heterocycles. The summed E-state index contributed by atoms with van der Waals surface area (Å²) in [7, 11) is 1.58. The van der Waals surface area contributed by atoms with Gasteiger partial charge in [0.25, 0.3) is 0 Å². The maximum absolute atomic E-state index is 11.9. The van der Waals surface area contributed by atoms with Crippen LogP contribution in [0.2, 0.25) is 0 Å². The molecule has 0 bridgehead atoms. The van der Waals surface area contributed by atoms with Crippen LogP contribution in [0.15, 0.2) is 24.3 Å². The van der Waals surface area contributed by atoms with Gasteiger partial charge >= 0.3 is 5.97 Å². The number of carboxylic acid groups (broad SMARTS) is 1. The molecule has 1 unspecified atom stereocenters. The van der Waals surface area contributed by atoms with Crippen molar-refractivity contribution in [2.24, 2.45) is 5.92 Å². The zero-order valence-corrected chi connectivity index (χ0v) is 9.97. The van der Waals surface area contributed by atoms with Crippen LogP contribution in [0.3, 0.4) is 0 Å². The summed E-state index contributed by atoms with van der Waals surface area (Å²) in [5, 5.41) is 8.65. The van der Waals surface area contributed by atoms with Gasteiger partial charge in [0.15, 0.2) is 5.78 Å². The zero-order chi connectivity index (χ0) is 12.8. The van der Waals surface area contributed by atoms with Crippen molar-refractivity contribution < 1.29 is 19.4 Å². The van der Waals surface area contributed by atoms with Crippen LogP contribution < -0.4 is 0 Å². The largest absolute Gasteiger partial charge is 0.481 e. The van der Waals surface area contributed by atoms with Crippen molar-refractivity contribution in [2.75, 3.05) is 7.11 Å². The van der Waals surface area contributed by atoms with E-state index < -0.39 is 11.9 Å². The van der Waals surface area contributed by atoms with E-state index in [2.05, 4.69) is 0 Å². The van der Waals surface area contributed by atoms with Crippen molar-refractivity contribution in [3.8, 4) is 0 Å². The number of hydrogen-bond acceptors (Lipinski definition) is 3. The fraction of sp³-hybridized carbons (Fsp3) is 0.385. The summed E-state index contributed by atoms with van der Waals surface area (Å²) >= 11 is 0. The Balaban J connectivity index is 2.81. The maximum atomic E-state index is 11.9. The molecule has 0 aromatic heterocycles. The topological polar surface area (TPSA) is 63.6 Å². The Bertz CT molecular complexity index is 412. The highest BCUT2D eigenvalue weighted by Gasteiger charge is 2.18. The van der Waals surface area contributed by atoms with E-state index in [0.29, 0.717) is 12.2 Å². The van der Waals surface area contributed by atoms with Crippen LogP contribution >= 0.6 is 0 Å². The molecule has 0 amide bonds. The monoisotopic (exact) mass is 236 g/mol. The van der Waals surface area contributed by atoms with Crippen molar-refractivity contribution in [3.63, 3.8) is 0 Å². The molecule has 1 atom stereocenters. The lowest BCUT2D eigenvalue weighted by Gasteiger charge is -2.09. The van der Waals surface area contributed by atoms with E-state index in [-0.39, 0.29) is 12.2 Å². The second-order valence-corrected chi connectivity index (χ2v) is 4.00. The number of carbonyl (C=O) groups is 2. The Morgan fingerprint density at radius 3 is 2.71 bits per heavy atom. The van der Waals surface area contributed by atoms with Crippen LogP contribution in [0.5, 0.6) is 0 Å². The lowest BCUT2D eigenvalue weighted by molar-refractivity contribution is -0.137. The Hall–Kier alpha value is -1.68. The standard InChI is InChI=1S/C13H16O4/c1-9(6-12(14)15)13(16)11-5-3-4-10(7-11)8-17-2/h3-5,7,9H,6,8H2,1-2H3,(H,14,15). The molecular weight excluding hydrogens is 220 g/mol. The summed E-state index contributed by atoms with van der Waals surface area (Å²) in [6.45, 7) is 2.06. The number of benzene rings is 1. The van der Waals surface area contributed by atoms with Crippen molar-refractivity contribution in [1.29, 1.82) is 0 Å². The molecule has 0 spiro atoms. The SMILES string of the molecule is COCc1cccc(C(=O)C(C)CC(=O)O)c1.